The van der Waals surface area contributed by atoms with Crippen LogP contribution in [0.2, 0.25) is 0 Å². The van der Waals surface area contributed by atoms with E-state index in [2.05, 4.69) is 11.9 Å². The molecule has 0 spiro atoms. The van der Waals surface area contributed by atoms with E-state index >= 15 is 0 Å². The van der Waals surface area contributed by atoms with Crippen LogP contribution < -0.4 is 5.56 Å². The molecule has 1 atom stereocenters. The molecule has 0 bridgehead atoms. The summed E-state index contributed by atoms with van der Waals surface area (Å²) in [5.74, 6) is -0.241. The van der Waals surface area contributed by atoms with Crippen LogP contribution in [0.15, 0.2) is 69.4 Å². The Morgan fingerprint density at radius 1 is 1.21 bits per heavy atom. The number of carbonyl (C=O) groups is 1. The Balaban J connectivity index is 1.72. The highest BCUT2D eigenvalue weighted by Gasteiger charge is 2.27. The van der Waals surface area contributed by atoms with E-state index in [1.165, 1.54) is 40.2 Å². The normalized spacial score (nSPS) is 15.4. The van der Waals surface area contributed by atoms with Gasteiger partial charge in [0.1, 0.15) is 5.82 Å². The van der Waals surface area contributed by atoms with Crippen LogP contribution >= 0.6 is 23.5 Å². The second-order valence-corrected chi connectivity index (χ2v) is 8.89. The Bertz CT molecular complexity index is 1080. The number of halogens is 1. The lowest BCUT2D eigenvalue weighted by Crippen LogP contribution is -2.24. The highest BCUT2D eigenvalue weighted by Crippen LogP contribution is 2.35. The number of thioether (sulfide) groups is 2. The van der Waals surface area contributed by atoms with E-state index in [1.807, 2.05) is 18.2 Å². The number of nitrogens with zero attached hydrogens (tertiary/aromatic N) is 2. The van der Waals surface area contributed by atoms with E-state index < -0.39 is 0 Å². The number of rotatable bonds is 5. The predicted molar refractivity (Wildman–Crippen MR) is 110 cm³/mol. The molecule has 0 amide bonds. The maximum Gasteiger partial charge on any atom is 0.272 e. The number of fused-ring (bicyclic) bond motifs is 1. The molecule has 1 unspecified atom stereocenters. The lowest BCUT2D eigenvalue weighted by Gasteiger charge is -2.13. The summed E-state index contributed by atoms with van der Waals surface area (Å²) < 4.78 is 14.8. The molecule has 0 saturated heterocycles. The molecule has 2 heterocycles. The van der Waals surface area contributed by atoms with Crippen molar-refractivity contribution in [1.29, 1.82) is 0 Å². The summed E-state index contributed by atoms with van der Waals surface area (Å²) in [5, 5.41) is 0.734. The van der Waals surface area contributed by atoms with Crippen molar-refractivity contribution in [2.45, 2.75) is 28.6 Å². The van der Waals surface area contributed by atoms with Crippen molar-refractivity contribution >= 4 is 29.3 Å². The largest absolute Gasteiger partial charge is 0.293 e. The number of carbonyl (C=O) groups excluding carboxylic acids is 1. The number of hydrogen-bond acceptors (Lipinski definition) is 5. The van der Waals surface area contributed by atoms with Crippen LogP contribution in [-0.2, 0) is 6.42 Å². The summed E-state index contributed by atoms with van der Waals surface area (Å²) in [7, 11) is 0. The van der Waals surface area contributed by atoms with Gasteiger partial charge in [0.15, 0.2) is 10.9 Å². The molecule has 7 heteroatoms. The zero-order valence-corrected chi connectivity index (χ0v) is 16.7. The van der Waals surface area contributed by atoms with Gasteiger partial charge in [-0.1, -0.05) is 49.0 Å². The Hall–Kier alpha value is -2.38. The zero-order chi connectivity index (χ0) is 19.7. The fourth-order valence-corrected chi connectivity index (χ4v) is 5.07. The van der Waals surface area contributed by atoms with E-state index in [0.717, 1.165) is 12.1 Å². The summed E-state index contributed by atoms with van der Waals surface area (Å²) in [6.45, 7) is 2.06. The van der Waals surface area contributed by atoms with Gasteiger partial charge < -0.3 is 0 Å². The van der Waals surface area contributed by atoms with E-state index in [0.29, 0.717) is 21.3 Å². The Morgan fingerprint density at radius 2 is 1.93 bits per heavy atom. The van der Waals surface area contributed by atoms with Gasteiger partial charge in [-0.05, 0) is 24.3 Å². The van der Waals surface area contributed by atoms with Crippen molar-refractivity contribution in [3.8, 4) is 5.69 Å². The van der Waals surface area contributed by atoms with Crippen molar-refractivity contribution in [1.82, 2.24) is 9.55 Å². The number of aromatic nitrogens is 2. The number of Topliss-reactive ketones (excluding diaryl/α,β-unsaturated/α-hetero) is 1. The summed E-state index contributed by atoms with van der Waals surface area (Å²) in [6.07, 6.45) is 0.722. The molecule has 1 aromatic heterocycles. The van der Waals surface area contributed by atoms with Crippen molar-refractivity contribution in [3.05, 3.63) is 82.0 Å². The second kappa shape index (κ2) is 7.93. The summed E-state index contributed by atoms with van der Waals surface area (Å²) in [6, 6.07) is 14.8. The zero-order valence-electron chi connectivity index (χ0n) is 15.1. The molecule has 2 aromatic carbocycles. The Kier molecular flexibility index (Phi) is 5.37. The van der Waals surface area contributed by atoms with Crippen LogP contribution in [0.25, 0.3) is 5.69 Å². The minimum absolute atomic E-state index is 0.0336. The van der Waals surface area contributed by atoms with Crippen LogP contribution in [-0.4, -0.2) is 26.3 Å². The Labute approximate surface area is 170 Å². The molecule has 4 nitrogen and oxygen atoms in total. The van der Waals surface area contributed by atoms with E-state index in [9.17, 15) is 14.0 Å². The van der Waals surface area contributed by atoms with Gasteiger partial charge in [-0.25, -0.2) is 9.37 Å². The highest BCUT2D eigenvalue weighted by molar-refractivity contribution is 8.00. The fourth-order valence-electron chi connectivity index (χ4n) is 3.05. The molecule has 4 rings (SSSR count). The molecule has 0 aliphatic carbocycles. The van der Waals surface area contributed by atoms with Crippen molar-refractivity contribution in [2.75, 3.05) is 5.75 Å². The molecule has 0 radical (unpaired) electrons. The molecular formula is C21H17FN2O2S2. The maximum atomic E-state index is 13.4. The van der Waals surface area contributed by atoms with Gasteiger partial charge in [0.25, 0.3) is 5.56 Å². The van der Waals surface area contributed by atoms with Gasteiger partial charge in [-0.3, -0.25) is 14.2 Å². The van der Waals surface area contributed by atoms with Crippen LogP contribution in [0, 0.1) is 5.82 Å². The van der Waals surface area contributed by atoms with Crippen LogP contribution in [0.3, 0.4) is 0 Å². The number of ketones is 1. The average Bonchev–Trinajstić information content (AvgIpc) is 3.08. The first-order chi connectivity index (χ1) is 13.5. The first kappa shape index (κ1) is 19.0. The molecule has 1 aliphatic heterocycles. The third-order valence-electron chi connectivity index (χ3n) is 4.39. The smallest absolute Gasteiger partial charge is 0.272 e. The van der Waals surface area contributed by atoms with Gasteiger partial charge in [-0.15, -0.1) is 11.8 Å². The van der Waals surface area contributed by atoms with Gasteiger partial charge in [0.05, 0.1) is 22.0 Å². The van der Waals surface area contributed by atoms with E-state index in [-0.39, 0.29) is 28.2 Å². The second-order valence-electron chi connectivity index (χ2n) is 6.50. The summed E-state index contributed by atoms with van der Waals surface area (Å²) in [5.41, 5.74) is 1.77. The highest BCUT2D eigenvalue weighted by atomic mass is 32.2. The lowest BCUT2D eigenvalue weighted by atomic mass is 10.2. The quantitative estimate of drug-likeness (QED) is 0.354. The SMILES string of the molecule is CC1Cc2nc(SCC(=O)c3ccccc3)n(-c3ccc(F)cc3)c(=O)c2S1. The standard InChI is InChI=1S/C21H17FN2O2S2/c1-13-11-17-19(28-13)20(26)24(16-9-7-15(22)8-10-16)21(23-17)27-12-18(25)14-5-3-2-4-6-14/h2-10,13H,11-12H2,1H3. The summed E-state index contributed by atoms with van der Waals surface area (Å²) in [4.78, 5) is 31.0. The molecule has 0 saturated carbocycles. The third-order valence-corrected chi connectivity index (χ3v) is 6.55. The average molecular weight is 413 g/mol. The minimum atomic E-state index is -0.373. The predicted octanol–water partition coefficient (Wildman–Crippen LogP) is 4.38. The maximum absolute atomic E-state index is 13.4. The van der Waals surface area contributed by atoms with E-state index in [4.69, 9.17) is 0 Å². The van der Waals surface area contributed by atoms with Crippen molar-refractivity contribution in [3.63, 3.8) is 0 Å². The van der Waals surface area contributed by atoms with Crippen LogP contribution in [0.4, 0.5) is 4.39 Å². The Morgan fingerprint density at radius 3 is 2.64 bits per heavy atom. The molecular weight excluding hydrogens is 395 g/mol. The van der Waals surface area contributed by atoms with Crippen molar-refractivity contribution in [2.24, 2.45) is 0 Å². The minimum Gasteiger partial charge on any atom is -0.293 e. The first-order valence-electron chi connectivity index (χ1n) is 8.82. The van der Waals surface area contributed by atoms with Gasteiger partial charge in [0, 0.05) is 17.2 Å². The fraction of sp³-hybridized carbons (Fsp3) is 0.190. The molecule has 28 heavy (non-hydrogen) atoms. The first-order valence-corrected chi connectivity index (χ1v) is 10.7. The van der Waals surface area contributed by atoms with E-state index in [1.54, 1.807) is 24.3 Å². The molecule has 3 aromatic rings. The molecule has 0 fully saturated rings. The van der Waals surface area contributed by atoms with Crippen molar-refractivity contribution < 1.29 is 9.18 Å². The summed E-state index contributed by atoms with van der Waals surface area (Å²) >= 11 is 2.74. The third kappa shape index (κ3) is 3.77. The topological polar surface area (TPSA) is 52.0 Å². The monoisotopic (exact) mass is 412 g/mol. The van der Waals surface area contributed by atoms with Gasteiger partial charge in [-0.2, -0.15) is 0 Å². The lowest BCUT2D eigenvalue weighted by molar-refractivity contribution is 0.102. The molecule has 142 valence electrons. The number of hydrogen-bond donors (Lipinski definition) is 0. The van der Waals surface area contributed by atoms with Crippen LogP contribution in [0.5, 0.6) is 0 Å². The van der Waals surface area contributed by atoms with Crippen LogP contribution in [0.1, 0.15) is 23.0 Å². The van der Waals surface area contributed by atoms with Gasteiger partial charge in [0.2, 0.25) is 0 Å². The van der Waals surface area contributed by atoms with Gasteiger partial charge >= 0.3 is 0 Å². The number of benzene rings is 2. The molecule has 1 aliphatic rings. The molecule has 0 N–H and O–H groups in total.